The first-order chi connectivity index (χ1) is 12.5. The highest BCUT2D eigenvalue weighted by Gasteiger charge is 2.21. The molecule has 0 aromatic heterocycles. The van der Waals surface area contributed by atoms with Crippen molar-refractivity contribution in [1.29, 1.82) is 0 Å². The maximum atomic E-state index is 12.9. The van der Waals surface area contributed by atoms with Crippen LogP contribution in [0.5, 0.6) is 0 Å². The van der Waals surface area contributed by atoms with Gasteiger partial charge in [0.1, 0.15) is 0 Å². The van der Waals surface area contributed by atoms with E-state index in [2.05, 4.69) is 0 Å². The summed E-state index contributed by atoms with van der Waals surface area (Å²) in [6, 6.07) is 13.8. The first kappa shape index (κ1) is 20.1. The van der Waals surface area contributed by atoms with E-state index in [1.165, 1.54) is 4.90 Å². The second kappa shape index (κ2) is 9.48. The Balaban J connectivity index is 2.31. The molecule has 0 bridgehead atoms. The molecule has 0 spiro atoms. The normalized spacial score (nSPS) is 10.8. The van der Waals surface area contributed by atoms with Gasteiger partial charge >= 0.3 is 0 Å². The van der Waals surface area contributed by atoms with Crippen LogP contribution in [0.15, 0.2) is 48.5 Å². The number of nitrogens with zero attached hydrogens (tertiary/aromatic N) is 2. The first-order valence-corrected chi connectivity index (χ1v) is 8.84. The predicted octanol–water partition coefficient (Wildman–Crippen LogP) is 2.85. The van der Waals surface area contributed by atoms with Crippen LogP contribution < -0.4 is 4.90 Å². The van der Waals surface area contributed by atoms with Gasteiger partial charge in [0.15, 0.2) is 5.78 Å². The van der Waals surface area contributed by atoms with Crippen LogP contribution in [0.4, 0.5) is 5.69 Å². The number of carbonyl (C=O) groups excluding carboxylic acids is 2. The minimum atomic E-state index is -0.189. The Bertz CT molecular complexity index is 765. The van der Waals surface area contributed by atoms with E-state index < -0.39 is 0 Å². The average Bonchev–Trinajstić information content (AvgIpc) is 2.67. The molecule has 2 aromatic rings. The summed E-state index contributed by atoms with van der Waals surface area (Å²) in [4.78, 5) is 28.8. The molecule has 0 fully saturated rings. The lowest BCUT2D eigenvalue weighted by Gasteiger charge is -2.25. The van der Waals surface area contributed by atoms with Crippen molar-refractivity contribution in [2.45, 2.75) is 6.92 Å². The number of benzene rings is 2. The third-order valence-electron chi connectivity index (χ3n) is 4.20. The fourth-order valence-electron chi connectivity index (χ4n) is 2.65. The van der Waals surface area contributed by atoms with Gasteiger partial charge in [-0.1, -0.05) is 48.9 Å². The van der Waals surface area contributed by atoms with Gasteiger partial charge < -0.3 is 10.0 Å². The topological polar surface area (TPSA) is 60.9 Å². The molecule has 0 aliphatic carbocycles. The zero-order valence-corrected chi connectivity index (χ0v) is 15.7. The molecule has 138 valence electrons. The Kier molecular flexibility index (Phi) is 7.33. The summed E-state index contributed by atoms with van der Waals surface area (Å²) in [5.74, 6) is -0.352. The molecule has 0 heterocycles. The summed E-state index contributed by atoms with van der Waals surface area (Å²) in [7, 11) is 1.64. The van der Waals surface area contributed by atoms with Crippen LogP contribution in [0.3, 0.4) is 0 Å². The molecule has 0 aliphatic rings. The lowest BCUT2D eigenvalue weighted by atomic mass is 10.0. The molecular weight excluding hydrogens is 352 g/mol. The molecule has 26 heavy (non-hydrogen) atoms. The Labute approximate surface area is 158 Å². The van der Waals surface area contributed by atoms with Crippen molar-refractivity contribution in [2.24, 2.45) is 0 Å². The van der Waals surface area contributed by atoms with Gasteiger partial charge in [0.25, 0.3) is 0 Å². The van der Waals surface area contributed by atoms with Crippen molar-refractivity contribution in [2.75, 3.05) is 38.2 Å². The maximum absolute atomic E-state index is 12.9. The lowest BCUT2D eigenvalue weighted by molar-refractivity contribution is -0.119. The Morgan fingerprint density at radius 2 is 1.81 bits per heavy atom. The van der Waals surface area contributed by atoms with Crippen LogP contribution in [0.1, 0.15) is 22.8 Å². The smallest absolute Gasteiger partial charge is 0.240 e. The van der Waals surface area contributed by atoms with Crippen LogP contribution in [0, 0.1) is 0 Å². The minimum absolute atomic E-state index is 0.0104. The number of halogens is 1. The lowest BCUT2D eigenvalue weighted by Crippen LogP contribution is -2.40. The molecule has 1 N–H and O–H groups in total. The third-order valence-corrected chi connectivity index (χ3v) is 4.43. The quantitative estimate of drug-likeness (QED) is 0.722. The van der Waals surface area contributed by atoms with Gasteiger partial charge in [0.2, 0.25) is 5.91 Å². The minimum Gasteiger partial charge on any atom is -0.395 e. The summed E-state index contributed by atoms with van der Waals surface area (Å²) >= 11 is 6.09. The maximum Gasteiger partial charge on any atom is 0.240 e. The summed E-state index contributed by atoms with van der Waals surface area (Å²) in [5.41, 5.74) is 1.42. The number of ketones is 1. The van der Waals surface area contributed by atoms with Crippen LogP contribution >= 0.6 is 11.6 Å². The fourth-order valence-corrected chi connectivity index (χ4v) is 2.82. The number of likely N-dealkylation sites (N-methyl/N-ethyl adjacent to an activating group) is 2. The highest BCUT2D eigenvalue weighted by molar-refractivity contribution is 6.31. The van der Waals surface area contributed by atoms with E-state index in [1.807, 2.05) is 17.9 Å². The monoisotopic (exact) mass is 374 g/mol. The third kappa shape index (κ3) is 4.91. The number of amides is 1. The molecule has 5 nitrogen and oxygen atoms in total. The van der Waals surface area contributed by atoms with Gasteiger partial charge in [-0.2, -0.15) is 0 Å². The van der Waals surface area contributed by atoms with Crippen molar-refractivity contribution < 1.29 is 14.7 Å². The highest BCUT2D eigenvalue weighted by atomic mass is 35.5. The second-order valence-corrected chi connectivity index (χ2v) is 6.34. The Hall–Kier alpha value is -2.21. The molecule has 0 aliphatic heterocycles. The number of rotatable bonds is 8. The van der Waals surface area contributed by atoms with Crippen LogP contribution in [0.25, 0.3) is 0 Å². The molecule has 2 rings (SSSR count). The molecule has 1 amide bonds. The van der Waals surface area contributed by atoms with E-state index in [-0.39, 0.29) is 24.8 Å². The van der Waals surface area contributed by atoms with Gasteiger partial charge in [0.05, 0.1) is 18.8 Å². The van der Waals surface area contributed by atoms with Gasteiger partial charge in [-0.25, -0.2) is 0 Å². The van der Waals surface area contributed by atoms with Crippen molar-refractivity contribution >= 4 is 29.0 Å². The molecule has 0 saturated carbocycles. The van der Waals surface area contributed by atoms with E-state index in [0.29, 0.717) is 34.9 Å². The molecule has 0 atom stereocenters. The SMILES string of the molecule is CCN(CCO)CC(=O)N(C)c1ccc(Cl)cc1C(=O)c1ccccc1. The molecule has 6 heteroatoms. The van der Waals surface area contributed by atoms with Gasteiger partial charge in [-0.3, -0.25) is 14.5 Å². The zero-order chi connectivity index (χ0) is 19.1. The van der Waals surface area contributed by atoms with Gasteiger partial charge in [0, 0.05) is 29.7 Å². The largest absolute Gasteiger partial charge is 0.395 e. The van der Waals surface area contributed by atoms with Gasteiger partial charge in [-0.05, 0) is 24.7 Å². The van der Waals surface area contributed by atoms with E-state index >= 15 is 0 Å². The molecule has 0 unspecified atom stereocenters. The number of anilines is 1. The van der Waals surface area contributed by atoms with Crippen molar-refractivity contribution in [3.8, 4) is 0 Å². The number of aliphatic hydroxyl groups excluding tert-OH is 1. The zero-order valence-electron chi connectivity index (χ0n) is 15.0. The van der Waals surface area contributed by atoms with Crippen LogP contribution in [-0.4, -0.2) is 55.0 Å². The highest BCUT2D eigenvalue weighted by Crippen LogP contribution is 2.26. The van der Waals surface area contributed by atoms with Crippen molar-refractivity contribution in [1.82, 2.24) is 4.90 Å². The summed E-state index contributed by atoms with van der Waals surface area (Å²) in [6.07, 6.45) is 0. The number of hydrogen-bond donors (Lipinski definition) is 1. The van der Waals surface area contributed by atoms with Gasteiger partial charge in [-0.15, -0.1) is 0 Å². The molecule has 0 radical (unpaired) electrons. The van der Waals surface area contributed by atoms with Crippen molar-refractivity contribution in [3.63, 3.8) is 0 Å². The average molecular weight is 375 g/mol. The Morgan fingerprint density at radius 1 is 1.12 bits per heavy atom. The first-order valence-electron chi connectivity index (χ1n) is 8.47. The fraction of sp³-hybridized carbons (Fsp3) is 0.300. The molecule has 2 aromatic carbocycles. The van der Waals surface area contributed by atoms with E-state index in [4.69, 9.17) is 16.7 Å². The van der Waals surface area contributed by atoms with Crippen molar-refractivity contribution in [3.05, 3.63) is 64.7 Å². The predicted molar refractivity (Wildman–Crippen MR) is 104 cm³/mol. The molecule has 0 saturated heterocycles. The summed E-state index contributed by atoms with van der Waals surface area (Å²) in [6.45, 7) is 3.15. The Morgan fingerprint density at radius 3 is 2.42 bits per heavy atom. The number of hydrogen-bond acceptors (Lipinski definition) is 4. The standard InChI is InChI=1S/C20H23ClN2O3/c1-3-23(11-12-24)14-19(25)22(2)18-10-9-16(21)13-17(18)20(26)15-7-5-4-6-8-15/h4-10,13,24H,3,11-12,14H2,1-2H3. The number of carbonyl (C=O) groups is 2. The second-order valence-electron chi connectivity index (χ2n) is 5.90. The van der Waals surface area contributed by atoms with E-state index in [0.717, 1.165) is 0 Å². The van der Waals surface area contributed by atoms with Crippen LogP contribution in [0.2, 0.25) is 5.02 Å². The molecular formula is C20H23ClN2O3. The summed E-state index contributed by atoms with van der Waals surface area (Å²) < 4.78 is 0. The summed E-state index contributed by atoms with van der Waals surface area (Å²) in [5, 5.41) is 9.52. The van der Waals surface area contributed by atoms with Crippen LogP contribution in [-0.2, 0) is 4.79 Å². The van der Waals surface area contributed by atoms with E-state index in [9.17, 15) is 9.59 Å². The van der Waals surface area contributed by atoms with E-state index in [1.54, 1.807) is 49.5 Å². The number of aliphatic hydroxyl groups is 1.